The molecule has 0 radical (unpaired) electrons. The van der Waals surface area contributed by atoms with E-state index in [0.29, 0.717) is 19.1 Å². The number of aliphatic hydroxyl groups excluding tert-OH is 2. The summed E-state index contributed by atoms with van der Waals surface area (Å²) in [7, 11) is 0. The molecule has 76 valence electrons. The summed E-state index contributed by atoms with van der Waals surface area (Å²) in [5, 5.41) is 18.8. The Bertz CT molecular complexity index is 158. The molecule has 2 N–H and O–H groups in total. The van der Waals surface area contributed by atoms with Gasteiger partial charge in [0.25, 0.3) is 0 Å². The fraction of sp³-hybridized carbons (Fsp3) is 1.00. The van der Waals surface area contributed by atoms with Crippen LogP contribution in [0.1, 0.15) is 32.1 Å². The minimum absolute atomic E-state index is 0.512. The van der Waals surface area contributed by atoms with E-state index in [1.165, 1.54) is 32.1 Å². The van der Waals surface area contributed by atoms with Crippen LogP contribution in [0.2, 0.25) is 0 Å². The Morgan fingerprint density at radius 3 is 1.92 bits per heavy atom. The van der Waals surface area contributed by atoms with Gasteiger partial charge < -0.3 is 10.2 Å². The van der Waals surface area contributed by atoms with Crippen molar-refractivity contribution in [2.24, 2.45) is 0 Å². The summed E-state index contributed by atoms with van der Waals surface area (Å²) in [6.07, 6.45) is 5.46. The number of nitrogens with zero attached hydrogens (tertiary/aromatic N) is 1. The number of aliphatic hydroxyl groups is 2. The lowest BCUT2D eigenvalue weighted by Gasteiger charge is -2.30. The van der Waals surface area contributed by atoms with Gasteiger partial charge >= 0.3 is 0 Å². The van der Waals surface area contributed by atoms with Crippen LogP contribution in [0.3, 0.4) is 0 Å². The zero-order valence-electron chi connectivity index (χ0n) is 8.02. The van der Waals surface area contributed by atoms with E-state index >= 15 is 0 Å². The molecule has 0 bridgehead atoms. The van der Waals surface area contributed by atoms with Crippen molar-refractivity contribution in [1.29, 1.82) is 0 Å². The molecule has 2 fully saturated rings. The predicted octanol–water partition coefficient (Wildman–Crippen LogP) is 0.356. The van der Waals surface area contributed by atoms with E-state index in [1.807, 2.05) is 0 Å². The quantitative estimate of drug-likeness (QED) is 0.620. The van der Waals surface area contributed by atoms with Crippen LogP contribution < -0.4 is 0 Å². The molecule has 1 saturated carbocycles. The van der Waals surface area contributed by atoms with E-state index in [0.717, 1.165) is 0 Å². The first-order valence-corrected chi connectivity index (χ1v) is 5.37. The molecule has 2 aliphatic rings. The number of hydrogen-bond donors (Lipinski definition) is 2. The highest BCUT2D eigenvalue weighted by Gasteiger charge is 2.33. The van der Waals surface area contributed by atoms with Gasteiger partial charge in [0, 0.05) is 19.1 Å². The highest BCUT2D eigenvalue weighted by Crippen LogP contribution is 2.25. The van der Waals surface area contributed by atoms with E-state index < -0.39 is 12.2 Å². The van der Waals surface area contributed by atoms with Gasteiger partial charge in [0.05, 0.1) is 12.2 Å². The van der Waals surface area contributed by atoms with Crippen molar-refractivity contribution >= 4 is 0 Å². The molecule has 1 saturated heterocycles. The first-order chi connectivity index (χ1) is 6.27. The van der Waals surface area contributed by atoms with Gasteiger partial charge in [-0.2, -0.15) is 0 Å². The van der Waals surface area contributed by atoms with Crippen LogP contribution in [0.15, 0.2) is 0 Å². The third-order valence-corrected chi connectivity index (χ3v) is 3.38. The molecular weight excluding hydrogens is 166 g/mol. The van der Waals surface area contributed by atoms with Crippen molar-refractivity contribution < 1.29 is 10.2 Å². The van der Waals surface area contributed by atoms with Gasteiger partial charge in [-0.25, -0.2) is 0 Å². The van der Waals surface area contributed by atoms with Crippen molar-refractivity contribution in [3.63, 3.8) is 0 Å². The van der Waals surface area contributed by atoms with Crippen LogP contribution in [0.5, 0.6) is 0 Å². The van der Waals surface area contributed by atoms with Crippen molar-refractivity contribution in [2.75, 3.05) is 13.1 Å². The summed E-state index contributed by atoms with van der Waals surface area (Å²) in [5.41, 5.74) is 0. The predicted molar refractivity (Wildman–Crippen MR) is 50.5 cm³/mol. The molecule has 2 rings (SSSR count). The Kier molecular flexibility index (Phi) is 2.86. The number of β-amino-alcohol motifs (C(OH)–C–C–N with tert-alkyl or cyclic N) is 2. The third kappa shape index (κ3) is 2.03. The van der Waals surface area contributed by atoms with Crippen LogP contribution in [-0.4, -0.2) is 46.5 Å². The number of rotatable bonds is 1. The Balaban J connectivity index is 1.87. The number of likely N-dealkylation sites (tertiary alicyclic amines) is 1. The molecule has 1 aliphatic carbocycles. The van der Waals surface area contributed by atoms with Gasteiger partial charge in [-0.1, -0.05) is 19.3 Å². The first kappa shape index (κ1) is 9.44. The fourth-order valence-corrected chi connectivity index (χ4v) is 2.54. The van der Waals surface area contributed by atoms with E-state index in [1.54, 1.807) is 0 Å². The largest absolute Gasteiger partial charge is 0.389 e. The normalized spacial score (nSPS) is 38.3. The second kappa shape index (κ2) is 3.95. The Morgan fingerprint density at radius 1 is 0.846 bits per heavy atom. The van der Waals surface area contributed by atoms with Crippen LogP contribution >= 0.6 is 0 Å². The van der Waals surface area contributed by atoms with Gasteiger partial charge in [0.2, 0.25) is 0 Å². The molecule has 0 aromatic rings. The van der Waals surface area contributed by atoms with Crippen LogP contribution in [-0.2, 0) is 0 Å². The van der Waals surface area contributed by atoms with E-state index in [-0.39, 0.29) is 0 Å². The molecule has 3 heteroatoms. The standard InChI is InChI=1S/C10H19NO2/c12-9-6-11(7-10(9)13)8-4-2-1-3-5-8/h8-10,12-13H,1-7H2/t9-,10+. The van der Waals surface area contributed by atoms with E-state index in [2.05, 4.69) is 4.90 Å². The highest BCUT2D eigenvalue weighted by molar-refractivity contribution is 4.88. The van der Waals surface area contributed by atoms with Crippen LogP contribution in [0.4, 0.5) is 0 Å². The molecule has 1 aliphatic heterocycles. The average molecular weight is 185 g/mol. The van der Waals surface area contributed by atoms with Gasteiger partial charge in [-0.05, 0) is 12.8 Å². The van der Waals surface area contributed by atoms with Crippen molar-refractivity contribution in [3.8, 4) is 0 Å². The molecule has 13 heavy (non-hydrogen) atoms. The molecule has 0 spiro atoms. The molecule has 3 nitrogen and oxygen atoms in total. The topological polar surface area (TPSA) is 43.7 Å². The van der Waals surface area contributed by atoms with Gasteiger partial charge in [0.1, 0.15) is 0 Å². The van der Waals surface area contributed by atoms with Crippen molar-refractivity contribution in [2.45, 2.75) is 50.4 Å². The molecule has 1 heterocycles. The fourth-order valence-electron chi connectivity index (χ4n) is 2.54. The highest BCUT2D eigenvalue weighted by atomic mass is 16.3. The Labute approximate surface area is 79.4 Å². The summed E-state index contributed by atoms with van der Waals surface area (Å²) in [5.74, 6) is 0. The molecule has 0 amide bonds. The zero-order valence-corrected chi connectivity index (χ0v) is 8.02. The van der Waals surface area contributed by atoms with Gasteiger partial charge in [0.15, 0.2) is 0 Å². The molecule has 0 aromatic heterocycles. The average Bonchev–Trinajstić information content (AvgIpc) is 2.49. The Morgan fingerprint density at radius 2 is 1.38 bits per heavy atom. The third-order valence-electron chi connectivity index (χ3n) is 3.38. The Hall–Kier alpha value is -0.120. The summed E-state index contributed by atoms with van der Waals surface area (Å²) in [4.78, 5) is 2.26. The second-order valence-corrected chi connectivity index (χ2v) is 4.38. The SMILES string of the molecule is O[C@@H]1CN(C2CCCCC2)C[C@@H]1O. The minimum atomic E-state index is -0.512. The first-order valence-electron chi connectivity index (χ1n) is 5.37. The van der Waals surface area contributed by atoms with Crippen LogP contribution in [0, 0.1) is 0 Å². The van der Waals surface area contributed by atoms with Crippen LogP contribution in [0.25, 0.3) is 0 Å². The smallest absolute Gasteiger partial charge is 0.0938 e. The van der Waals surface area contributed by atoms with Gasteiger partial charge in [-0.15, -0.1) is 0 Å². The molecule has 2 atom stereocenters. The summed E-state index contributed by atoms with van der Waals surface area (Å²) in [6.45, 7) is 1.34. The minimum Gasteiger partial charge on any atom is -0.389 e. The molecule has 0 aromatic carbocycles. The molecule has 0 unspecified atom stereocenters. The number of hydrogen-bond acceptors (Lipinski definition) is 3. The summed E-state index contributed by atoms with van der Waals surface area (Å²) in [6, 6.07) is 0.626. The maximum absolute atomic E-state index is 9.41. The lowest BCUT2D eigenvalue weighted by molar-refractivity contribution is 0.0572. The summed E-state index contributed by atoms with van der Waals surface area (Å²) >= 11 is 0. The maximum atomic E-state index is 9.41. The monoisotopic (exact) mass is 185 g/mol. The zero-order chi connectivity index (χ0) is 9.26. The maximum Gasteiger partial charge on any atom is 0.0938 e. The van der Waals surface area contributed by atoms with E-state index in [4.69, 9.17) is 0 Å². The second-order valence-electron chi connectivity index (χ2n) is 4.38. The summed E-state index contributed by atoms with van der Waals surface area (Å²) < 4.78 is 0. The lowest BCUT2D eigenvalue weighted by Crippen LogP contribution is -2.35. The van der Waals surface area contributed by atoms with Gasteiger partial charge in [-0.3, -0.25) is 4.90 Å². The van der Waals surface area contributed by atoms with Crippen molar-refractivity contribution in [3.05, 3.63) is 0 Å². The van der Waals surface area contributed by atoms with Crippen molar-refractivity contribution in [1.82, 2.24) is 4.90 Å². The molecular formula is C10H19NO2. The lowest BCUT2D eigenvalue weighted by atomic mass is 9.94. The van der Waals surface area contributed by atoms with E-state index in [9.17, 15) is 10.2 Å².